The van der Waals surface area contributed by atoms with Gasteiger partial charge in [-0.3, -0.25) is 4.79 Å². The number of benzene rings is 4. The van der Waals surface area contributed by atoms with E-state index in [1.807, 2.05) is 0 Å². The van der Waals surface area contributed by atoms with Crippen LogP contribution in [-0.2, 0) is 4.79 Å². The standard InChI is InChI=1S/C31H30O/c1-21-5-13-25(14-6-21)29(26-15-7-22(2)8-16-26)31(32)30(27-17-9-23(3)10-18-27)28-19-11-24(4)12-20-28/h5-20,29-30H,1-4H3. The highest BCUT2D eigenvalue weighted by molar-refractivity contribution is 5.97. The molecule has 0 saturated carbocycles. The second-order valence-electron chi connectivity index (χ2n) is 8.91. The number of aryl methyl sites for hydroxylation is 4. The van der Waals surface area contributed by atoms with E-state index in [4.69, 9.17) is 0 Å². The van der Waals surface area contributed by atoms with Crippen LogP contribution in [0.1, 0.15) is 56.3 Å². The van der Waals surface area contributed by atoms with Gasteiger partial charge in [-0.25, -0.2) is 0 Å². The first-order valence-corrected chi connectivity index (χ1v) is 11.2. The Balaban J connectivity index is 1.87. The molecule has 0 spiro atoms. The third kappa shape index (κ3) is 4.73. The molecule has 0 heterocycles. The number of rotatable bonds is 6. The quantitative estimate of drug-likeness (QED) is 0.318. The molecule has 0 atom stereocenters. The van der Waals surface area contributed by atoms with E-state index in [0.29, 0.717) is 0 Å². The van der Waals surface area contributed by atoms with E-state index in [1.54, 1.807) is 0 Å². The number of hydrogen-bond acceptors (Lipinski definition) is 1. The SMILES string of the molecule is Cc1ccc(C(C(=O)C(c2ccc(C)cc2)c2ccc(C)cc2)c2ccc(C)cc2)cc1. The molecule has 4 rings (SSSR count). The lowest BCUT2D eigenvalue weighted by molar-refractivity contribution is -0.120. The van der Waals surface area contributed by atoms with Crippen LogP contribution < -0.4 is 0 Å². The molecule has 0 aliphatic carbocycles. The molecule has 4 aromatic rings. The Labute approximate surface area is 191 Å². The van der Waals surface area contributed by atoms with Crippen molar-refractivity contribution in [2.24, 2.45) is 0 Å². The van der Waals surface area contributed by atoms with Crippen LogP contribution in [0.3, 0.4) is 0 Å². The Kier molecular flexibility index (Phi) is 6.37. The van der Waals surface area contributed by atoms with E-state index in [0.717, 1.165) is 22.3 Å². The predicted octanol–water partition coefficient (Wildman–Crippen LogP) is 7.45. The molecule has 160 valence electrons. The molecule has 4 aromatic carbocycles. The summed E-state index contributed by atoms with van der Waals surface area (Å²) in [6.45, 7) is 8.31. The Morgan fingerprint density at radius 2 is 0.594 bits per heavy atom. The van der Waals surface area contributed by atoms with Gasteiger partial charge in [-0.1, -0.05) is 119 Å². The van der Waals surface area contributed by atoms with Crippen LogP contribution in [0.4, 0.5) is 0 Å². The maximum absolute atomic E-state index is 14.4. The molecule has 0 aliphatic rings. The Morgan fingerprint density at radius 3 is 0.781 bits per heavy atom. The Bertz CT molecular complexity index is 994. The van der Waals surface area contributed by atoms with Gasteiger partial charge in [0.1, 0.15) is 0 Å². The van der Waals surface area contributed by atoms with Gasteiger partial charge in [0.05, 0.1) is 11.8 Å². The third-order valence-electron chi connectivity index (χ3n) is 6.21. The van der Waals surface area contributed by atoms with Crippen molar-refractivity contribution in [3.8, 4) is 0 Å². The number of ketones is 1. The minimum absolute atomic E-state index is 0.199. The van der Waals surface area contributed by atoms with Crippen molar-refractivity contribution in [3.63, 3.8) is 0 Å². The fourth-order valence-corrected chi connectivity index (χ4v) is 4.24. The number of hydrogen-bond donors (Lipinski definition) is 0. The van der Waals surface area contributed by atoms with Crippen molar-refractivity contribution in [1.82, 2.24) is 0 Å². The molecule has 0 radical (unpaired) electrons. The highest BCUT2D eigenvalue weighted by atomic mass is 16.1. The zero-order chi connectivity index (χ0) is 22.7. The average molecular weight is 419 g/mol. The molecule has 1 heteroatoms. The first kappa shape index (κ1) is 21.8. The highest BCUT2D eigenvalue weighted by Gasteiger charge is 2.32. The van der Waals surface area contributed by atoms with Gasteiger partial charge in [0.2, 0.25) is 0 Å². The second kappa shape index (κ2) is 9.36. The summed E-state index contributed by atoms with van der Waals surface area (Å²) in [4.78, 5) is 14.4. The molecule has 0 fully saturated rings. The summed E-state index contributed by atoms with van der Waals surface area (Å²) in [5.41, 5.74) is 8.91. The zero-order valence-corrected chi connectivity index (χ0v) is 19.3. The zero-order valence-electron chi connectivity index (χ0n) is 19.3. The van der Waals surface area contributed by atoms with Crippen LogP contribution in [0, 0.1) is 27.7 Å². The van der Waals surface area contributed by atoms with Crippen LogP contribution in [0.25, 0.3) is 0 Å². The van der Waals surface area contributed by atoms with Gasteiger partial charge in [-0.2, -0.15) is 0 Å². The largest absolute Gasteiger partial charge is 0.298 e. The van der Waals surface area contributed by atoms with Crippen LogP contribution in [-0.4, -0.2) is 5.78 Å². The topological polar surface area (TPSA) is 17.1 Å². The normalized spacial score (nSPS) is 11.2. The van der Waals surface area contributed by atoms with Crippen LogP contribution in [0.5, 0.6) is 0 Å². The molecule has 1 nitrogen and oxygen atoms in total. The van der Waals surface area contributed by atoms with Gasteiger partial charge in [-0.15, -0.1) is 0 Å². The molecule has 0 bridgehead atoms. The Morgan fingerprint density at radius 1 is 0.406 bits per heavy atom. The fraction of sp³-hybridized carbons (Fsp3) is 0.194. The van der Waals surface area contributed by atoms with E-state index in [-0.39, 0.29) is 17.6 Å². The molecular formula is C31H30O. The van der Waals surface area contributed by atoms with Crippen LogP contribution in [0.15, 0.2) is 97.1 Å². The predicted molar refractivity (Wildman–Crippen MR) is 133 cm³/mol. The minimum atomic E-state index is -0.330. The molecule has 0 aliphatic heterocycles. The van der Waals surface area contributed by atoms with Crippen LogP contribution >= 0.6 is 0 Å². The lowest BCUT2D eigenvalue weighted by atomic mass is 9.76. The van der Waals surface area contributed by atoms with Gasteiger partial charge in [-0.05, 0) is 49.9 Å². The molecule has 0 unspecified atom stereocenters. The summed E-state index contributed by atoms with van der Waals surface area (Å²) in [6, 6.07) is 33.5. The van der Waals surface area contributed by atoms with E-state index in [1.165, 1.54) is 22.3 Å². The average Bonchev–Trinajstić information content (AvgIpc) is 2.79. The summed E-state index contributed by atoms with van der Waals surface area (Å²) in [6.07, 6.45) is 0. The smallest absolute Gasteiger partial charge is 0.156 e. The molecule has 32 heavy (non-hydrogen) atoms. The van der Waals surface area contributed by atoms with Crippen molar-refractivity contribution >= 4 is 5.78 Å². The molecule has 0 aromatic heterocycles. The van der Waals surface area contributed by atoms with Crippen molar-refractivity contribution in [3.05, 3.63) is 142 Å². The Hall–Kier alpha value is -3.45. The third-order valence-corrected chi connectivity index (χ3v) is 6.21. The highest BCUT2D eigenvalue weighted by Crippen LogP contribution is 2.36. The van der Waals surface area contributed by atoms with Gasteiger partial charge in [0, 0.05) is 0 Å². The summed E-state index contributed by atoms with van der Waals surface area (Å²) in [5.74, 6) is -0.460. The summed E-state index contributed by atoms with van der Waals surface area (Å²) >= 11 is 0. The van der Waals surface area contributed by atoms with Crippen molar-refractivity contribution < 1.29 is 4.79 Å². The van der Waals surface area contributed by atoms with Gasteiger partial charge in [0.25, 0.3) is 0 Å². The second-order valence-corrected chi connectivity index (χ2v) is 8.91. The summed E-state index contributed by atoms with van der Waals surface area (Å²) in [5, 5.41) is 0. The molecule has 0 amide bonds. The number of carbonyl (C=O) groups is 1. The first-order chi connectivity index (χ1) is 15.4. The first-order valence-electron chi connectivity index (χ1n) is 11.2. The maximum Gasteiger partial charge on any atom is 0.156 e. The van der Waals surface area contributed by atoms with Crippen LogP contribution in [0.2, 0.25) is 0 Å². The van der Waals surface area contributed by atoms with E-state index in [9.17, 15) is 4.79 Å². The molecular weight excluding hydrogens is 388 g/mol. The van der Waals surface area contributed by atoms with E-state index < -0.39 is 0 Å². The summed E-state index contributed by atoms with van der Waals surface area (Å²) < 4.78 is 0. The summed E-state index contributed by atoms with van der Waals surface area (Å²) in [7, 11) is 0. The van der Waals surface area contributed by atoms with Gasteiger partial charge in [0.15, 0.2) is 5.78 Å². The molecule has 0 saturated heterocycles. The lowest BCUT2D eigenvalue weighted by Crippen LogP contribution is -2.23. The minimum Gasteiger partial charge on any atom is -0.298 e. The van der Waals surface area contributed by atoms with Gasteiger partial charge < -0.3 is 0 Å². The van der Waals surface area contributed by atoms with E-state index in [2.05, 4.69) is 125 Å². The van der Waals surface area contributed by atoms with Crippen molar-refractivity contribution in [2.45, 2.75) is 39.5 Å². The number of Topliss-reactive ketones (excluding diaryl/α,β-unsaturated/α-hetero) is 1. The maximum atomic E-state index is 14.4. The lowest BCUT2D eigenvalue weighted by Gasteiger charge is -2.25. The van der Waals surface area contributed by atoms with Gasteiger partial charge >= 0.3 is 0 Å². The van der Waals surface area contributed by atoms with Crippen molar-refractivity contribution in [2.75, 3.05) is 0 Å². The number of carbonyl (C=O) groups excluding carboxylic acids is 1. The molecule has 0 N–H and O–H groups in total. The van der Waals surface area contributed by atoms with E-state index >= 15 is 0 Å². The monoisotopic (exact) mass is 418 g/mol. The fourth-order valence-electron chi connectivity index (χ4n) is 4.24. The van der Waals surface area contributed by atoms with Crippen molar-refractivity contribution in [1.29, 1.82) is 0 Å².